The molecule has 1 amide bonds. The van der Waals surface area contributed by atoms with Crippen LogP contribution in [0.2, 0.25) is 5.02 Å². The molecule has 0 bridgehead atoms. The van der Waals surface area contributed by atoms with Gasteiger partial charge < -0.3 is 14.8 Å². The number of ether oxygens (including phenoxy) is 2. The number of carbonyl (C=O) groups is 1. The summed E-state index contributed by atoms with van der Waals surface area (Å²) in [6.07, 6.45) is 3.17. The zero-order valence-corrected chi connectivity index (χ0v) is 17.0. The first-order chi connectivity index (χ1) is 13.5. The van der Waals surface area contributed by atoms with E-state index in [0.717, 1.165) is 22.0 Å². The summed E-state index contributed by atoms with van der Waals surface area (Å²) in [7, 11) is 1.54. The van der Waals surface area contributed by atoms with Crippen molar-refractivity contribution in [1.82, 2.24) is 4.98 Å². The highest BCUT2D eigenvalue weighted by atomic mass is 35.5. The fraction of sp³-hybridized carbons (Fsp3) is 0.143. The Kier molecular flexibility index (Phi) is 6.68. The van der Waals surface area contributed by atoms with Gasteiger partial charge >= 0.3 is 0 Å². The van der Waals surface area contributed by atoms with Gasteiger partial charge in [-0.15, -0.1) is 11.3 Å². The van der Waals surface area contributed by atoms with E-state index >= 15 is 0 Å². The number of carbonyl (C=O) groups excluding carboxylic acids is 1. The van der Waals surface area contributed by atoms with Gasteiger partial charge in [-0.3, -0.25) is 4.79 Å². The SMILES string of the molecule is COc1ccc(Cl)cc1NC(=O)/C=C/c1ccc(OCc2csc(C)n2)cc1. The molecule has 0 radical (unpaired) electrons. The first-order valence-electron chi connectivity index (χ1n) is 8.50. The van der Waals surface area contributed by atoms with Crippen LogP contribution >= 0.6 is 22.9 Å². The smallest absolute Gasteiger partial charge is 0.248 e. The molecule has 0 unspecified atom stereocenters. The summed E-state index contributed by atoms with van der Waals surface area (Å²) in [6.45, 7) is 2.40. The Morgan fingerprint density at radius 1 is 1.25 bits per heavy atom. The van der Waals surface area contributed by atoms with Crippen molar-refractivity contribution in [2.75, 3.05) is 12.4 Å². The topological polar surface area (TPSA) is 60.5 Å². The Hall–Kier alpha value is -2.83. The minimum Gasteiger partial charge on any atom is -0.495 e. The predicted octanol–water partition coefficient (Wildman–Crippen LogP) is 5.34. The lowest BCUT2D eigenvalue weighted by Crippen LogP contribution is -2.08. The minimum absolute atomic E-state index is 0.278. The van der Waals surface area contributed by atoms with Gasteiger partial charge in [0.2, 0.25) is 5.91 Å². The van der Waals surface area contributed by atoms with Crippen LogP contribution in [0.3, 0.4) is 0 Å². The van der Waals surface area contributed by atoms with Gasteiger partial charge in [-0.25, -0.2) is 4.98 Å². The van der Waals surface area contributed by atoms with Crippen LogP contribution < -0.4 is 14.8 Å². The van der Waals surface area contributed by atoms with Crippen molar-refractivity contribution in [3.8, 4) is 11.5 Å². The molecule has 0 spiro atoms. The quantitative estimate of drug-likeness (QED) is 0.530. The number of nitrogens with zero attached hydrogens (tertiary/aromatic N) is 1. The number of hydrogen-bond donors (Lipinski definition) is 1. The number of benzene rings is 2. The molecule has 144 valence electrons. The maximum absolute atomic E-state index is 12.2. The van der Waals surface area contributed by atoms with E-state index in [1.165, 1.54) is 13.2 Å². The average molecular weight is 415 g/mol. The summed E-state index contributed by atoms with van der Waals surface area (Å²) in [5.41, 5.74) is 2.32. The summed E-state index contributed by atoms with van der Waals surface area (Å²) < 4.78 is 10.9. The fourth-order valence-corrected chi connectivity index (χ4v) is 3.20. The lowest BCUT2D eigenvalue weighted by molar-refractivity contribution is -0.111. The van der Waals surface area contributed by atoms with Crippen molar-refractivity contribution in [1.29, 1.82) is 0 Å². The molecule has 0 fully saturated rings. The first-order valence-corrected chi connectivity index (χ1v) is 9.76. The molecule has 2 aromatic carbocycles. The lowest BCUT2D eigenvalue weighted by atomic mass is 10.2. The number of nitrogens with one attached hydrogen (secondary N) is 1. The molecular formula is C21H19ClN2O3S. The molecule has 5 nitrogen and oxygen atoms in total. The molecule has 3 rings (SSSR count). The second-order valence-electron chi connectivity index (χ2n) is 5.88. The molecule has 0 saturated carbocycles. The maximum Gasteiger partial charge on any atom is 0.248 e. The number of rotatable bonds is 7. The number of hydrogen-bond acceptors (Lipinski definition) is 5. The number of aryl methyl sites for hydroxylation is 1. The summed E-state index contributed by atoms with van der Waals surface area (Å²) in [6, 6.07) is 12.5. The van der Waals surface area contributed by atoms with Gasteiger partial charge in [0.05, 0.1) is 23.5 Å². The van der Waals surface area contributed by atoms with Gasteiger partial charge in [0.15, 0.2) is 0 Å². The van der Waals surface area contributed by atoms with E-state index in [2.05, 4.69) is 10.3 Å². The average Bonchev–Trinajstić information content (AvgIpc) is 3.11. The third-order valence-corrected chi connectivity index (χ3v) is 4.84. The van der Waals surface area contributed by atoms with Crippen LogP contribution in [0.5, 0.6) is 11.5 Å². The van der Waals surface area contributed by atoms with E-state index < -0.39 is 0 Å². The summed E-state index contributed by atoms with van der Waals surface area (Å²) in [5, 5.41) is 6.28. The van der Waals surface area contributed by atoms with Crippen LogP contribution in [0.1, 0.15) is 16.3 Å². The van der Waals surface area contributed by atoms with Crippen molar-refractivity contribution in [3.63, 3.8) is 0 Å². The van der Waals surface area contributed by atoms with E-state index in [9.17, 15) is 4.79 Å². The highest BCUT2D eigenvalue weighted by molar-refractivity contribution is 7.09. The minimum atomic E-state index is -0.278. The molecule has 0 aliphatic heterocycles. The summed E-state index contributed by atoms with van der Waals surface area (Å²) in [4.78, 5) is 16.5. The molecule has 7 heteroatoms. The second kappa shape index (κ2) is 9.39. The monoisotopic (exact) mass is 414 g/mol. The number of amides is 1. The summed E-state index contributed by atoms with van der Waals surface area (Å²) in [5.74, 6) is 1.01. The molecule has 0 saturated heterocycles. The molecule has 1 aromatic heterocycles. The van der Waals surface area contributed by atoms with Crippen molar-refractivity contribution in [2.45, 2.75) is 13.5 Å². The van der Waals surface area contributed by atoms with E-state index in [-0.39, 0.29) is 5.91 Å². The number of methoxy groups -OCH3 is 1. The van der Waals surface area contributed by atoms with Crippen molar-refractivity contribution < 1.29 is 14.3 Å². The van der Waals surface area contributed by atoms with Crippen LogP contribution in [0, 0.1) is 6.92 Å². The highest BCUT2D eigenvalue weighted by Crippen LogP contribution is 2.27. The Bertz CT molecular complexity index is 984. The Labute approximate surface area is 172 Å². The van der Waals surface area contributed by atoms with Crippen LogP contribution in [0.25, 0.3) is 6.08 Å². The van der Waals surface area contributed by atoms with Gasteiger partial charge in [0.25, 0.3) is 0 Å². The van der Waals surface area contributed by atoms with Gasteiger partial charge in [0.1, 0.15) is 18.1 Å². The molecule has 28 heavy (non-hydrogen) atoms. The zero-order valence-electron chi connectivity index (χ0n) is 15.4. The van der Waals surface area contributed by atoms with Gasteiger partial charge in [-0.2, -0.15) is 0 Å². The number of thiazole rings is 1. The predicted molar refractivity (Wildman–Crippen MR) is 113 cm³/mol. The fourth-order valence-electron chi connectivity index (χ4n) is 2.43. The maximum atomic E-state index is 12.2. The van der Waals surface area contributed by atoms with Gasteiger partial charge in [-0.05, 0) is 48.9 Å². The van der Waals surface area contributed by atoms with Crippen molar-refractivity contribution >= 4 is 40.6 Å². The Balaban J connectivity index is 1.56. The number of anilines is 1. The molecule has 3 aromatic rings. The normalized spacial score (nSPS) is 10.8. The Morgan fingerprint density at radius 3 is 2.71 bits per heavy atom. The molecule has 0 aliphatic carbocycles. The summed E-state index contributed by atoms with van der Waals surface area (Å²) >= 11 is 7.57. The van der Waals surface area contributed by atoms with Crippen LogP contribution in [0.4, 0.5) is 5.69 Å². The van der Waals surface area contributed by atoms with E-state index in [1.807, 2.05) is 36.6 Å². The molecular weight excluding hydrogens is 396 g/mol. The molecule has 1 heterocycles. The van der Waals surface area contributed by atoms with Gasteiger partial charge in [-0.1, -0.05) is 23.7 Å². The zero-order chi connectivity index (χ0) is 19.9. The number of halogens is 1. The number of aromatic nitrogens is 1. The second-order valence-corrected chi connectivity index (χ2v) is 7.38. The highest BCUT2D eigenvalue weighted by Gasteiger charge is 2.06. The largest absolute Gasteiger partial charge is 0.495 e. The van der Waals surface area contributed by atoms with Crippen molar-refractivity contribution in [3.05, 3.63) is 75.2 Å². The first kappa shape index (κ1) is 19.9. The lowest BCUT2D eigenvalue weighted by Gasteiger charge is -2.09. The van der Waals surface area contributed by atoms with Crippen molar-refractivity contribution in [2.24, 2.45) is 0 Å². The molecule has 0 atom stereocenters. The van der Waals surface area contributed by atoms with Crippen LogP contribution in [0.15, 0.2) is 53.9 Å². The van der Waals surface area contributed by atoms with E-state index in [0.29, 0.717) is 23.1 Å². The van der Waals surface area contributed by atoms with Crippen LogP contribution in [-0.2, 0) is 11.4 Å². The van der Waals surface area contributed by atoms with E-state index in [4.69, 9.17) is 21.1 Å². The van der Waals surface area contributed by atoms with Gasteiger partial charge in [0, 0.05) is 16.5 Å². The molecule has 1 N–H and O–H groups in total. The van der Waals surface area contributed by atoms with E-state index in [1.54, 1.807) is 35.6 Å². The molecule has 0 aliphatic rings. The third-order valence-electron chi connectivity index (χ3n) is 3.78. The standard InChI is InChI=1S/C21H19ClN2O3S/c1-14-23-17(13-28-14)12-27-18-7-3-15(4-8-18)5-10-21(25)24-19-11-16(22)6-9-20(19)26-2/h3-11,13H,12H2,1-2H3,(H,24,25)/b10-5+. The third kappa shape index (κ3) is 5.58. The Morgan fingerprint density at radius 2 is 2.04 bits per heavy atom. The van der Waals surface area contributed by atoms with Crippen LogP contribution in [-0.4, -0.2) is 18.0 Å².